The van der Waals surface area contributed by atoms with Gasteiger partial charge in [-0.3, -0.25) is 9.59 Å². The number of carbonyl (C=O) groups is 3. The van der Waals surface area contributed by atoms with Crippen LogP contribution in [-0.4, -0.2) is 75.5 Å². The number of ether oxygens (including phenoxy) is 3. The number of carboxylic acids is 1. The molecule has 0 saturated heterocycles. The molecule has 0 heterocycles. The van der Waals surface area contributed by atoms with Crippen molar-refractivity contribution in [3.8, 4) is 0 Å². The molecular formula is C48H83NO7. The van der Waals surface area contributed by atoms with E-state index < -0.39 is 18.1 Å². The highest BCUT2D eigenvalue weighted by Gasteiger charge is 2.25. The minimum absolute atomic E-state index is 0.0314. The number of carboxylic acid groups (broad SMARTS) is 1. The number of quaternary nitrogens is 1. The van der Waals surface area contributed by atoms with Crippen LogP contribution in [0.1, 0.15) is 174 Å². The first-order chi connectivity index (χ1) is 27.1. The fourth-order valence-corrected chi connectivity index (χ4v) is 6.22. The molecule has 56 heavy (non-hydrogen) atoms. The van der Waals surface area contributed by atoms with Crippen LogP contribution >= 0.6 is 0 Å². The second kappa shape index (κ2) is 38.9. The van der Waals surface area contributed by atoms with Gasteiger partial charge in [-0.15, -0.1) is 0 Å². The van der Waals surface area contributed by atoms with Crippen LogP contribution in [0.15, 0.2) is 60.8 Å². The summed E-state index contributed by atoms with van der Waals surface area (Å²) in [5.41, 5.74) is 0. The predicted molar refractivity (Wildman–Crippen MR) is 231 cm³/mol. The van der Waals surface area contributed by atoms with Gasteiger partial charge in [0.2, 0.25) is 0 Å². The Labute approximate surface area is 343 Å². The fraction of sp³-hybridized carbons (Fsp3) is 0.729. The molecule has 0 rings (SSSR count). The fourth-order valence-electron chi connectivity index (χ4n) is 6.22. The molecule has 0 N–H and O–H groups in total. The van der Waals surface area contributed by atoms with Gasteiger partial charge in [0.1, 0.15) is 12.6 Å². The SMILES string of the molecule is CC/C=C/C=C/C=C/CCCCCCCCCC(=O)OCC(COCCC(C(=O)[O-])[N+](C)(C)C)OC(=O)CCCCCCCCC/C=C/C/C=C/CCCCC. The van der Waals surface area contributed by atoms with E-state index in [4.69, 9.17) is 14.2 Å². The van der Waals surface area contributed by atoms with Crippen LogP contribution in [0.4, 0.5) is 0 Å². The molecule has 0 aliphatic rings. The summed E-state index contributed by atoms with van der Waals surface area (Å²) in [6, 6.07) is -0.731. The first kappa shape index (κ1) is 53.0. The molecule has 8 heteroatoms. The summed E-state index contributed by atoms with van der Waals surface area (Å²) in [5.74, 6) is -1.77. The van der Waals surface area contributed by atoms with Crippen LogP contribution in [0.2, 0.25) is 0 Å². The van der Waals surface area contributed by atoms with E-state index in [2.05, 4.69) is 74.6 Å². The Kier molecular flexibility index (Phi) is 36.8. The zero-order chi connectivity index (χ0) is 41.4. The lowest BCUT2D eigenvalue weighted by molar-refractivity contribution is -0.889. The average molecular weight is 786 g/mol. The number of hydrogen-bond donors (Lipinski definition) is 0. The van der Waals surface area contributed by atoms with E-state index in [1.807, 2.05) is 0 Å². The van der Waals surface area contributed by atoms with E-state index in [0.717, 1.165) is 70.6 Å². The summed E-state index contributed by atoms with van der Waals surface area (Å²) in [6.07, 6.45) is 46.6. The van der Waals surface area contributed by atoms with Gasteiger partial charge in [-0.2, -0.15) is 0 Å². The van der Waals surface area contributed by atoms with Gasteiger partial charge in [-0.05, 0) is 64.2 Å². The summed E-state index contributed by atoms with van der Waals surface area (Å²) >= 11 is 0. The highest BCUT2D eigenvalue weighted by Crippen LogP contribution is 2.14. The van der Waals surface area contributed by atoms with E-state index in [0.29, 0.717) is 12.8 Å². The summed E-state index contributed by atoms with van der Waals surface area (Å²) in [7, 11) is 5.40. The number of nitrogens with zero attached hydrogens (tertiary/aromatic N) is 1. The maximum atomic E-state index is 12.7. The third-order valence-corrected chi connectivity index (χ3v) is 9.70. The molecule has 0 amide bonds. The average Bonchev–Trinajstić information content (AvgIpc) is 3.15. The lowest BCUT2D eigenvalue weighted by atomic mass is 10.1. The van der Waals surface area contributed by atoms with E-state index in [1.54, 1.807) is 21.1 Å². The van der Waals surface area contributed by atoms with Crippen LogP contribution in [0, 0.1) is 0 Å². The maximum absolute atomic E-state index is 12.7. The van der Waals surface area contributed by atoms with Gasteiger partial charge in [0.05, 0.1) is 40.3 Å². The van der Waals surface area contributed by atoms with Gasteiger partial charge in [-0.1, -0.05) is 152 Å². The number of hydrogen-bond acceptors (Lipinski definition) is 7. The van der Waals surface area contributed by atoms with Gasteiger partial charge in [0.25, 0.3) is 0 Å². The van der Waals surface area contributed by atoms with Crippen LogP contribution < -0.4 is 5.11 Å². The van der Waals surface area contributed by atoms with E-state index in [-0.39, 0.29) is 42.7 Å². The maximum Gasteiger partial charge on any atom is 0.306 e. The molecule has 0 saturated carbocycles. The molecule has 0 spiro atoms. The second-order valence-corrected chi connectivity index (χ2v) is 16.0. The Hall–Kier alpha value is -2.97. The highest BCUT2D eigenvalue weighted by molar-refractivity contribution is 5.70. The Morgan fingerprint density at radius 2 is 1.07 bits per heavy atom. The van der Waals surface area contributed by atoms with Crippen molar-refractivity contribution in [2.75, 3.05) is 41.0 Å². The number of aliphatic carboxylic acids is 1. The topological polar surface area (TPSA) is 102 Å². The Morgan fingerprint density at radius 3 is 1.61 bits per heavy atom. The van der Waals surface area contributed by atoms with E-state index in [1.165, 1.54) is 70.6 Å². The molecule has 0 fully saturated rings. The first-order valence-electron chi connectivity index (χ1n) is 22.3. The molecule has 0 aromatic carbocycles. The van der Waals surface area contributed by atoms with Gasteiger partial charge >= 0.3 is 11.9 Å². The number of likely N-dealkylation sites (N-methyl/N-ethyl adjacent to an activating group) is 1. The monoisotopic (exact) mass is 786 g/mol. The summed E-state index contributed by atoms with van der Waals surface area (Å²) in [6.45, 7) is 4.48. The van der Waals surface area contributed by atoms with Crippen molar-refractivity contribution in [3.05, 3.63) is 60.8 Å². The zero-order valence-corrected chi connectivity index (χ0v) is 36.5. The van der Waals surface area contributed by atoms with Crippen molar-refractivity contribution >= 4 is 17.9 Å². The van der Waals surface area contributed by atoms with E-state index in [9.17, 15) is 19.5 Å². The van der Waals surface area contributed by atoms with Crippen LogP contribution in [0.3, 0.4) is 0 Å². The molecule has 2 atom stereocenters. The molecule has 0 bridgehead atoms. The molecular weight excluding hydrogens is 703 g/mol. The minimum atomic E-state index is -1.13. The number of unbranched alkanes of at least 4 members (excludes halogenated alkanes) is 17. The van der Waals surface area contributed by atoms with Crippen molar-refractivity contribution in [1.82, 2.24) is 0 Å². The number of esters is 2. The first-order valence-corrected chi connectivity index (χ1v) is 22.3. The second-order valence-electron chi connectivity index (χ2n) is 16.0. The third kappa shape index (κ3) is 36.7. The molecule has 0 aromatic heterocycles. The minimum Gasteiger partial charge on any atom is -0.544 e. The number of rotatable bonds is 39. The van der Waals surface area contributed by atoms with Gasteiger partial charge < -0.3 is 28.6 Å². The van der Waals surface area contributed by atoms with Crippen LogP contribution in [0.25, 0.3) is 0 Å². The van der Waals surface area contributed by atoms with Crippen LogP contribution in [-0.2, 0) is 28.6 Å². The van der Waals surface area contributed by atoms with E-state index >= 15 is 0 Å². The Morgan fingerprint density at radius 1 is 0.571 bits per heavy atom. The molecule has 2 unspecified atom stereocenters. The van der Waals surface area contributed by atoms with Gasteiger partial charge in [0.15, 0.2) is 6.10 Å². The van der Waals surface area contributed by atoms with Crippen molar-refractivity contribution in [3.63, 3.8) is 0 Å². The number of allylic oxidation sites excluding steroid dienone is 10. The standard InChI is InChI=1S/C48H83NO7/c1-6-8-10-12-14-16-18-20-22-23-25-27-29-31-33-35-37-39-47(51)56-44(42-54-41-40-45(48(52)53)49(3,4)5)43-55-46(50)38-36-34-32-30-28-26-24-21-19-17-15-13-11-9-7-2/h9,11,13-17,19-20,22,44-45H,6-8,10,12,18,21,23-43H2,1-5H3/b11-9+,15-13+,16-14+,19-17+,22-20+. The third-order valence-electron chi connectivity index (χ3n) is 9.70. The van der Waals surface area contributed by atoms with Crippen molar-refractivity contribution in [1.29, 1.82) is 0 Å². The van der Waals surface area contributed by atoms with Crippen molar-refractivity contribution in [2.45, 2.75) is 187 Å². The Balaban J connectivity index is 4.37. The molecule has 0 radical (unpaired) electrons. The molecule has 8 nitrogen and oxygen atoms in total. The molecule has 0 aromatic rings. The van der Waals surface area contributed by atoms with Crippen LogP contribution in [0.5, 0.6) is 0 Å². The predicted octanol–water partition coefficient (Wildman–Crippen LogP) is 10.9. The molecule has 0 aliphatic heterocycles. The van der Waals surface area contributed by atoms with Gasteiger partial charge in [-0.25, -0.2) is 0 Å². The zero-order valence-electron chi connectivity index (χ0n) is 36.5. The smallest absolute Gasteiger partial charge is 0.306 e. The molecule has 0 aliphatic carbocycles. The number of carbonyl (C=O) groups excluding carboxylic acids is 3. The molecule has 322 valence electrons. The lowest BCUT2D eigenvalue weighted by Gasteiger charge is -2.34. The van der Waals surface area contributed by atoms with Gasteiger partial charge in [0, 0.05) is 19.3 Å². The van der Waals surface area contributed by atoms with Crippen molar-refractivity contribution < 1.29 is 38.2 Å². The summed E-state index contributed by atoms with van der Waals surface area (Å²) in [4.78, 5) is 36.9. The quantitative estimate of drug-likeness (QED) is 0.0201. The Bertz CT molecular complexity index is 1100. The largest absolute Gasteiger partial charge is 0.544 e. The summed E-state index contributed by atoms with van der Waals surface area (Å²) < 4.78 is 17.2. The lowest BCUT2D eigenvalue weighted by Crippen LogP contribution is -2.55. The normalized spacial score (nSPS) is 13.5. The summed E-state index contributed by atoms with van der Waals surface area (Å²) in [5, 5.41) is 11.6. The van der Waals surface area contributed by atoms with Crippen molar-refractivity contribution in [2.24, 2.45) is 0 Å². The highest BCUT2D eigenvalue weighted by atomic mass is 16.6.